The Hall–Kier alpha value is -3.47. The van der Waals surface area contributed by atoms with Crippen molar-refractivity contribution in [2.75, 3.05) is 13.1 Å². The minimum Gasteiger partial charge on any atom is -0.342 e. The standard InChI is InChI=1S/C28H29N3O2/c1-20-25-18-29-19-31(25)24(28(20)23-10-6-3-7-11-23)17-26(32)22-12-14-30(15-13-22)27(33)16-21-8-4-2-5-9-21/h2-11,18-19,22,24H,12-17H2,1H3. The van der Waals surface area contributed by atoms with Crippen LogP contribution >= 0.6 is 0 Å². The summed E-state index contributed by atoms with van der Waals surface area (Å²) in [5.74, 6) is 0.449. The van der Waals surface area contributed by atoms with Gasteiger partial charge in [-0.3, -0.25) is 9.59 Å². The molecule has 0 spiro atoms. The van der Waals surface area contributed by atoms with Gasteiger partial charge in [0.15, 0.2) is 0 Å². The number of carbonyl (C=O) groups is 2. The molecule has 3 aromatic rings. The molecule has 5 rings (SSSR count). The summed E-state index contributed by atoms with van der Waals surface area (Å²) in [5, 5.41) is 0. The third kappa shape index (κ3) is 4.28. The molecule has 1 fully saturated rings. The lowest BCUT2D eigenvalue weighted by atomic mass is 9.86. The highest BCUT2D eigenvalue weighted by Gasteiger charge is 2.34. The van der Waals surface area contributed by atoms with E-state index in [1.807, 2.05) is 66.0 Å². The fourth-order valence-electron chi connectivity index (χ4n) is 5.29. The van der Waals surface area contributed by atoms with Gasteiger partial charge in [0.1, 0.15) is 5.78 Å². The Kier molecular flexibility index (Phi) is 5.95. The zero-order chi connectivity index (χ0) is 22.8. The van der Waals surface area contributed by atoms with Gasteiger partial charge >= 0.3 is 0 Å². The fourth-order valence-corrected chi connectivity index (χ4v) is 5.29. The number of nitrogens with zero attached hydrogens (tertiary/aromatic N) is 3. The number of aromatic nitrogens is 2. The van der Waals surface area contributed by atoms with Crippen molar-refractivity contribution in [2.24, 2.45) is 5.92 Å². The van der Waals surface area contributed by atoms with E-state index in [-0.39, 0.29) is 23.7 Å². The van der Waals surface area contributed by atoms with E-state index in [1.165, 1.54) is 11.1 Å². The van der Waals surface area contributed by atoms with E-state index in [2.05, 4.69) is 28.6 Å². The number of rotatable bonds is 6. The number of piperidine rings is 1. The van der Waals surface area contributed by atoms with Gasteiger partial charge in [0.25, 0.3) is 0 Å². The van der Waals surface area contributed by atoms with E-state index in [1.54, 1.807) is 0 Å². The van der Waals surface area contributed by atoms with Gasteiger partial charge in [-0.1, -0.05) is 60.7 Å². The van der Waals surface area contributed by atoms with Crippen molar-refractivity contribution in [3.8, 4) is 0 Å². The van der Waals surface area contributed by atoms with Crippen LogP contribution in [0.1, 0.15) is 49.0 Å². The van der Waals surface area contributed by atoms with E-state index in [9.17, 15) is 9.59 Å². The predicted octanol–water partition coefficient (Wildman–Crippen LogP) is 4.81. The number of hydrogen-bond donors (Lipinski definition) is 0. The first kappa shape index (κ1) is 21.4. The lowest BCUT2D eigenvalue weighted by Gasteiger charge is -2.32. The fraction of sp³-hybridized carbons (Fsp3) is 0.321. The van der Waals surface area contributed by atoms with Crippen molar-refractivity contribution >= 4 is 22.8 Å². The average Bonchev–Trinajstić information content (AvgIpc) is 3.43. The number of amides is 1. The van der Waals surface area contributed by atoms with Crippen molar-refractivity contribution in [2.45, 2.75) is 38.6 Å². The third-order valence-electron chi connectivity index (χ3n) is 7.10. The molecule has 5 heteroatoms. The molecule has 1 amide bonds. The highest BCUT2D eigenvalue weighted by atomic mass is 16.2. The summed E-state index contributed by atoms with van der Waals surface area (Å²) in [6.07, 6.45) is 6.11. The zero-order valence-electron chi connectivity index (χ0n) is 19.0. The molecule has 33 heavy (non-hydrogen) atoms. The maximum Gasteiger partial charge on any atom is 0.226 e. The number of imidazole rings is 1. The van der Waals surface area contributed by atoms with Gasteiger partial charge < -0.3 is 9.47 Å². The molecule has 1 unspecified atom stereocenters. The highest BCUT2D eigenvalue weighted by Crippen LogP contribution is 2.44. The van der Waals surface area contributed by atoms with Crippen molar-refractivity contribution in [3.05, 3.63) is 90.0 Å². The van der Waals surface area contributed by atoms with Crippen LogP contribution in [0, 0.1) is 5.92 Å². The van der Waals surface area contributed by atoms with Crippen molar-refractivity contribution in [3.63, 3.8) is 0 Å². The first-order valence-corrected chi connectivity index (χ1v) is 11.7. The van der Waals surface area contributed by atoms with Crippen LogP contribution in [0.2, 0.25) is 0 Å². The van der Waals surface area contributed by atoms with E-state index >= 15 is 0 Å². The van der Waals surface area contributed by atoms with Crippen LogP contribution in [0.3, 0.4) is 0 Å². The van der Waals surface area contributed by atoms with E-state index < -0.39 is 0 Å². The molecule has 0 radical (unpaired) electrons. The molecule has 1 saturated heterocycles. The smallest absolute Gasteiger partial charge is 0.226 e. The average molecular weight is 440 g/mol. The van der Waals surface area contributed by atoms with Gasteiger partial charge in [-0.15, -0.1) is 0 Å². The molecular weight excluding hydrogens is 410 g/mol. The number of hydrogen-bond acceptors (Lipinski definition) is 3. The van der Waals surface area contributed by atoms with E-state index in [0.29, 0.717) is 25.9 Å². The molecule has 1 aromatic heterocycles. The van der Waals surface area contributed by atoms with E-state index in [0.717, 1.165) is 29.7 Å². The normalized spacial score (nSPS) is 18.5. The molecule has 3 heterocycles. The van der Waals surface area contributed by atoms with Gasteiger partial charge in [-0.2, -0.15) is 0 Å². The molecule has 168 valence electrons. The molecular formula is C28H29N3O2. The van der Waals surface area contributed by atoms with Gasteiger partial charge in [0, 0.05) is 25.4 Å². The Morgan fingerprint density at radius 3 is 2.33 bits per heavy atom. The van der Waals surface area contributed by atoms with Gasteiger partial charge in [-0.25, -0.2) is 4.98 Å². The highest BCUT2D eigenvalue weighted by molar-refractivity contribution is 5.96. The van der Waals surface area contributed by atoms with Crippen LogP contribution in [0.5, 0.6) is 0 Å². The number of likely N-dealkylation sites (tertiary alicyclic amines) is 1. The molecule has 2 aliphatic rings. The Balaban J connectivity index is 1.24. The second-order valence-electron chi connectivity index (χ2n) is 9.09. The maximum atomic E-state index is 13.4. The van der Waals surface area contributed by atoms with Crippen LogP contribution in [-0.4, -0.2) is 39.2 Å². The summed E-state index contributed by atoms with van der Waals surface area (Å²) >= 11 is 0. The Morgan fingerprint density at radius 2 is 1.64 bits per heavy atom. The molecule has 0 saturated carbocycles. The topological polar surface area (TPSA) is 55.2 Å². The molecule has 0 bridgehead atoms. The molecule has 0 aliphatic carbocycles. The summed E-state index contributed by atoms with van der Waals surface area (Å²) in [5.41, 5.74) is 5.70. The minimum atomic E-state index is -0.0184. The Bertz CT molecular complexity index is 1170. The summed E-state index contributed by atoms with van der Waals surface area (Å²) in [4.78, 5) is 32.3. The Morgan fingerprint density at radius 1 is 0.970 bits per heavy atom. The largest absolute Gasteiger partial charge is 0.342 e. The van der Waals surface area contributed by atoms with Crippen LogP contribution in [0.4, 0.5) is 0 Å². The molecule has 2 aromatic carbocycles. The van der Waals surface area contributed by atoms with Crippen LogP contribution in [-0.2, 0) is 16.0 Å². The SMILES string of the molecule is CC1=C(c2ccccc2)C(CC(=O)C2CCN(C(=O)Cc3ccccc3)CC2)n2cncc21. The number of allylic oxidation sites excluding steroid dienone is 2. The number of Topliss-reactive ketones (excluding diaryl/α,β-unsaturated/α-hetero) is 1. The Labute approximate surface area is 194 Å². The lowest BCUT2D eigenvalue weighted by Crippen LogP contribution is -2.41. The van der Waals surface area contributed by atoms with E-state index in [4.69, 9.17) is 0 Å². The van der Waals surface area contributed by atoms with Crippen molar-refractivity contribution in [1.29, 1.82) is 0 Å². The van der Waals surface area contributed by atoms with Crippen LogP contribution < -0.4 is 0 Å². The summed E-state index contributed by atoms with van der Waals surface area (Å²) < 4.78 is 2.15. The quantitative estimate of drug-likeness (QED) is 0.554. The maximum absolute atomic E-state index is 13.4. The molecule has 0 N–H and O–H groups in total. The first-order chi connectivity index (χ1) is 16.1. The number of ketones is 1. The predicted molar refractivity (Wildman–Crippen MR) is 129 cm³/mol. The van der Waals surface area contributed by atoms with Gasteiger partial charge in [0.2, 0.25) is 5.91 Å². The van der Waals surface area contributed by atoms with Gasteiger partial charge in [0.05, 0.1) is 30.7 Å². The number of benzene rings is 2. The monoisotopic (exact) mass is 439 g/mol. The number of fused-ring (bicyclic) bond motifs is 1. The second-order valence-corrected chi connectivity index (χ2v) is 9.09. The molecule has 1 atom stereocenters. The van der Waals surface area contributed by atoms with Crippen molar-refractivity contribution in [1.82, 2.24) is 14.5 Å². The summed E-state index contributed by atoms with van der Waals surface area (Å²) in [6, 6.07) is 20.2. The summed E-state index contributed by atoms with van der Waals surface area (Å²) in [7, 11) is 0. The minimum absolute atomic E-state index is 0.00989. The zero-order valence-corrected chi connectivity index (χ0v) is 19.0. The number of carbonyl (C=O) groups excluding carboxylic acids is 2. The summed E-state index contributed by atoms with van der Waals surface area (Å²) in [6.45, 7) is 3.43. The second kappa shape index (κ2) is 9.18. The van der Waals surface area contributed by atoms with Crippen LogP contribution in [0.15, 0.2) is 73.2 Å². The first-order valence-electron chi connectivity index (χ1n) is 11.7. The van der Waals surface area contributed by atoms with Crippen LogP contribution in [0.25, 0.3) is 11.1 Å². The molecule has 5 nitrogen and oxygen atoms in total. The molecule has 2 aliphatic heterocycles. The van der Waals surface area contributed by atoms with Gasteiger partial charge in [-0.05, 0) is 42.0 Å². The van der Waals surface area contributed by atoms with Crippen molar-refractivity contribution < 1.29 is 9.59 Å². The third-order valence-corrected chi connectivity index (χ3v) is 7.10. The lowest BCUT2D eigenvalue weighted by molar-refractivity contribution is -0.134.